The molecule has 0 saturated heterocycles. The summed E-state index contributed by atoms with van der Waals surface area (Å²) in [6.07, 6.45) is 0. The number of nitrogens with one attached hydrogen (secondary N) is 1. The van der Waals surface area contributed by atoms with Gasteiger partial charge in [-0.05, 0) is 18.1 Å². The molecule has 0 bridgehead atoms. The predicted octanol–water partition coefficient (Wildman–Crippen LogP) is 2.39. The summed E-state index contributed by atoms with van der Waals surface area (Å²) in [6.45, 7) is 3.83. The number of benzene rings is 1. The molecule has 0 fully saturated rings. The van der Waals surface area contributed by atoms with Crippen molar-refractivity contribution in [1.29, 1.82) is 0 Å². The van der Waals surface area contributed by atoms with E-state index >= 15 is 0 Å². The van der Waals surface area contributed by atoms with Gasteiger partial charge in [0, 0.05) is 25.4 Å². The normalized spacial score (nSPS) is 12.2. The van der Waals surface area contributed by atoms with E-state index in [-0.39, 0.29) is 0 Å². The molecule has 3 nitrogen and oxygen atoms in total. The molecule has 0 aliphatic carbocycles. The number of ether oxygens (including phenoxy) is 2. The zero-order chi connectivity index (χ0) is 11.1. The van der Waals surface area contributed by atoms with Gasteiger partial charge in [0.05, 0.1) is 13.7 Å². The maximum absolute atomic E-state index is 5.14. The molecule has 1 aromatic carbocycles. The van der Waals surface area contributed by atoms with Gasteiger partial charge < -0.3 is 14.8 Å². The van der Waals surface area contributed by atoms with Crippen LogP contribution in [0.1, 0.15) is 6.92 Å². The molecule has 0 aromatic heterocycles. The van der Waals surface area contributed by atoms with E-state index in [9.17, 15) is 0 Å². The van der Waals surface area contributed by atoms with Crippen LogP contribution >= 0.6 is 0 Å². The first-order chi connectivity index (χ1) is 7.26. The number of methoxy groups -OCH3 is 2. The Morgan fingerprint density at radius 3 is 2.80 bits per heavy atom. The molecular formula is C12H19NO2. The van der Waals surface area contributed by atoms with Crippen molar-refractivity contribution in [2.45, 2.75) is 6.92 Å². The molecule has 0 radical (unpaired) electrons. The van der Waals surface area contributed by atoms with Crippen molar-refractivity contribution in [2.75, 3.05) is 32.7 Å². The van der Waals surface area contributed by atoms with Crippen LogP contribution in [-0.2, 0) is 4.74 Å². The summed E-state index contributed by atoms with van der Waals surface area (Å²) in [4.78, 5) is 0. The number of hydrogen-bond donors (Lipinski definition) is 1. The quantitative estimate of drug-likeness (QED) is 0.780. The minimum atomic E-state index is 0.501. The Balaban J connectivity index is 2.43. The molecular weight excluding hydrogens is 190 g/mol. The monoisotopic (exact) mass is 209 g/mol. The fraction of sp³-hybridized carbons (Fsp3) is 0.500. The van der Waals surface area contributed by atoms with Crippen LogP contribution in [0.3, 0.4) is 0 Å². The van der Waals surface area contributed by atoms with E-state index in [0.717, 1.165) is 24.6 Å². The van der Waals surface area contributed by atoms with Gasteiger partial charge in [0.25, 0.3) is 0 Å². The van der Waals surface area contributed by atoms with Gasteiger partial charge in [-0.15, -0.1) is 0 Å². The van der Waals surface area contributed by atoms with E-state index < -0.39 is 0 Å². The highest BCUT2D eigenvalue weighted by atomic mass is 16.5. The number of hydrogen-bond acceptors (Lipinski definition) is 3. The first-order valence-electron chi connectivity index (χ1n) is 5.13. The number of anilines is 1. The fourth-order valence-electron chi connectivity index (χ4n) is 1.37. The molecule has 1 atom stereocenters. The van der Waals surface area contributed by atoms with Crippen molar-refractivity contribution >= 4 is 5.69 Å². The van der Waals surface area contributed by atoms with E-state index in [1.54, 1.807) is 14.2 Å². The zero-order valence-corrected chi connectivity index (χ0v) is 9.62. The molecule has 0 amide bonds. The van der Waals surface area contributed by atoms with Crippen molar-refractivity contribution in [2.24, 2.45) is 5.92 Å². The van der Waals surface area contributed by atoms with Crippen molar-refractivity contribution in [3.63, 3.8) is 0 Å². The van der Waals surface area contributed by atoms with Crippen LogP contribution in [0, 0.1) is 5.92 Å². The molecule has 1 unspecified atom stereocenters. The van der Waals surface area contributed by atoms with E-state index in [1.165, 1.54) is 0 Å². The third-order valence-electron chi connectivity index (χ3n) is 2.18. The SMILES string of the molecule is COCC(C)CNc1cccc(OC)c1. The van der Waals surface area contributed by atoms with Gasteiger partial charge >= 0.3 is 0 Å². The lowest BCUT2D eigenvalue weighted by Crippen LogP contribution is -2.15. The summed E-state index contributed by atoms with van der Waals surface area (Å²) in [5.74, 6) is 1.38. The lowest BCUT2D eigenvalue weighted by atomic mass is 10.2. The molecule has 1 rings (SSSR count). The summed E-state index contributed by atoms with van der Waals surface area (Å²) in [7, 11) is 3.40. The second-order valence-corrected chi connectivity index (χ2v) is 3.67. The third kappa shape index (κ3) is 4.21. The molecule has 0 aliphatic rings. The summed E-state index contributed by atoms with van der Waals surface area (Å²) in [6, 6.07) is 7.92. The molecule has 0 saturated carbocycles. The molecule has 1 aromatic rings. The Labute approximate surface area is 91.4 Å². The van der Waals surface area contributed by atoms with Crippen molar-refractivity contribution in [3.05, 3.63) is 24.3 Å². The van der Waals surface area contributed by atoms with Crippen LogP contribution < -0.4 is 10.1 Å². The van der Waals surface area contributed by atoms with Crippen LogP contribution in [0.4, 0.5) is 5.69 Å². The van der Waals surface area contributed by atoms with Gasteiger partial charge in [0.15, 0.2) is 0 Å². The Kier molecular flexibility index (Phi) is 4.98. The fourth-order valence-corrected chi connectivity index (χ4v) is 1.37. The first-order valence-corrected chi connectivity index (χ1v) is 5.13. The van der Waals surface area contributed by atoms with Gasteiger partial charge in [-0.1, -0.05) is 13.0 Å². The van der Waals surface area contributed by atoms with Crippen LogP contribution in [0.2, 0.25) is 0 Å². The highest BCUT2D eigenvalue weighted by Crippen LogP contribution is 2.16. The maximum Gasteiger partial charge on any atom is 0.120 e. The van der Waals surface area contributed by atoms with Crippen LogP contribution in [0.5, 0.6) is 5.75 Å². The molecule has 0 aliphatic heterocycles. The smallest absolute Gasteiger partial charge is 0.120 e. The zero-order valence-electron chi connectivity index (χ0n) is 9.62. The Bertz CT molecular complexity index is 289. The highest BCUT2D eigenvalue weighted by Gasteiger charge is 2.01. The van der Waals surface area contributed by atoms with E-state index in [0.29, 0.717) is 5.92 Å². The molecule has 3 heteroatoms. The summed E-state index contributed by atoms with van der Waals surface area (Å²) < 4.78 is 10.2. The average molecular weight is 209 g/mol. The third-order valence-corrected chi connectivity index (χ3v) is 2.18. The van der Waals surface area contributed by atoms with Gasteiger partial charge in [0.2, 0.25) is 0 Å². The van der Waals surface area contributed by atoms with Crippen molar-refractivity contribution < 1.29 is 9.47 Å². The largest absolute Gasteiger partial charge is 0.497 e. The Morgan fingerprint density at radius 2 is 2.13 bits per heavy atom. The average Bonchev–Trinajstić information content (AvgIpc) is 2.27. The molecule has 84 valence electrons. The minimum Gasteiger partial charge on any atom is -0.497 e. The lowest BCUT2D eigenvalue weighted by molar-refractivity contribution is 0.164. The minimum absolute atomic E-state index is 0.501. The summed E-state index contributed by atoms with van der Waals surface area (Å²) >= 11 is 0. The summed E-state index contributed by atoms with van der Waals surface area (Å²) in [5, 5.41) is 3.34. The van der Waals surface area contributed by atoms with E-state index in [4.69, 9.17) is 9.47 Å². The van der Waals surface area contributed by atoms with Gasteiger partial charge in [-0.3, -0.25) is 0 Å². The number of rotatable bonds is 6. The van der Waals surface area contributed by atoms with Gasteiger partial charge in [0.1, 0.15) is 5.75 Å². The van der Waals surface area contributed by atoms with Crippen molar-refractivity contribution in [3.8, 4) is 5.75 Å². The van der Waals surface area contributed by atoms with Crippen molar-refractivity contribution in [1.82, 2.24) is 0 Å². The van der Waals surface area contributed by atoms with E-state index in [1.807, 2.05) is 24.3 Å². The second-order valence-electron chi connectivity index (χ2n) is 3.67. The lowest BCUT2D eigenvalue weighted by Gasteiger charge is -2.13. The van der Waals surface area contributed by atoms with E-state index in [2.05, 4.69) is 12.2 Å². The van der Waals surface area contributed by atoms with Crippen LogP contribution in [-0.4, -0.2) is 27.4 Å². The topological polar surface area (TPSA) is 30.5 Å². The first kappa shape index (κ1) is 11.9. The predicted molar refractivity (Wildman–Crippen MR) is 62.5 cm³/mol. The van der Waals surface area contributed by atoms with Crippen LogP contribution in [0.15, 0.2) is 24.3 Å². The Hall–Kier alpha value is -1.22. The molecule has 15 heavy (non-hydrogen) atoms. The Morgan fingerprint density at radius 1 is 1.33 bits per heavy atom. The molecule has 1 N–H and O–H groups in total. The molecule has 0 heterocycles. The van der Waals surface area contributed by atoms with Gasteiger partial charge in [-0.25, -0.2) is 0 Å². The van der Waals surface area contributed by atoms with Gasteiger partial charge in [-0.2, -0.15) is 0 Å². The second kappa shape index (κ2) is 6.30. The maximum atomic E-state index is 5.14. The summed E-state index contributed by atoms with van der Waals surface area (Å²) in [5.41, 5.74) is 1.08. The highest BCUT2D eigenvalue weighted by molar-refractivity contribution is 5.48. The standard InChI is InChI=1S/C12H19NO2/c1-10(9-14-2)8-13-11-5-4-6-12(7-11)15-3/h4-7,10,13H,8-9H2,1-3H3. The molecule has 0 spiro atoms. The van der Waals surface area contributed by atoms with Crippen LogP contribution in [0.25, 0.3) is 0 Å².